The van der Waals surface area contributed by atoms with Crippen molar-refractivity contribution in [2.45, 2.75) is 39.2 Å². The van der Waals surface area contributed by atoms with E-state index in [1.807, 2.05) is 6.07 Å². The molecule has 138 valence electrons. The number of hydrogen-bond acceptors (Lipinski definition) is 3. The zero-order valence-corrected chi connectivity index (χ0v) is 17.0. The molecule has 6 nitrogen and oxygen atoms in total. The Labute approximate surface area is 166 Å². The first kappa shape index (κ1) is 19.9. The third-order valence-electron chi connectivity index (χ3n) is 5.14. The molecule has 1 aromatic rings. The van der Waals surface area contributed by atoms with Crippen LogP contribution < -0.4 is 5.32 Å². The first-order valence-electron chi connectivity index (χ1n) is 8.94. The molecular weight excluding hydrogens is 431 g/mol. The standard InChI is InChI=1S/C18H26N4O2.HI/c1-2-19-18(21-12-15-7-3-4-8-16(15)13-21)20-11-14-6-5-9-17(10-14)22(23)24;/h5-6,9-10,15-16H,2-4,7-8,11-13H2,1H3,(H,19,20);1H. The molecule has 2 fully saturated rings. The summed E-state index contributed by atoms with van der Waals surface area (Å²) in [6, 6.07) is 6.74. The molecule has 0 bridgehead atoms. The van der Waals surface area contributed by atoms with E-state index in [1.165, 1.54) is 31.7 Å². The highest BCUT2D eigenvalue weighted by Gasteiger charge is 2.35. The van der Waals surface area contributed by atoms with E-state index in [2.05, 4.69) is 17.1 Å². The van der Waals surface area contributed by atoms with Gasteiger partial charge in [-0.2, -0.15) is 0 Å². The summed E-state index contributed by atoms with van der Waals surface area (Å²) < 4.78 is 0. The first-order chi connectivity index (χ1) is 11.7. The van der Waals surface area contributed by atoms with Crippen LogP contribution in [0.3, 0.4) is 0 Å². The molecule has 1 aliphatic heterocycles. The minimum Gasteiger partial charge on any atom is -0.357 e. The van der Waals surface area contributed by atoms with Gasteiger partial charge in [-0.25, -0.2) is 4.99 Å². The fourth-order valence-corrected chi connectivity index (χ4v) is 3.94. The Morgan fingerprint density at radius 3 is 2.60 bits per heavy atom. The number of nitro benzene ring substituents is 1. The number of benzene rings is 1. The number of nitro groups is 1. The molecule has 1 saturated carbocycles. The Hall–Kier alpha value is -1.38. The van der Waals surface area contributed by atoms with Crippen LogP contribution in [-0.4, -0.2) is 35.4 Å². The summed E-state index contributed by atoms with van der Waals surface area (Å²) in [6.45, 7) is 5.55. The van der Waals surface area contributed by atoms with Gasteiger partial charge in [0.15, 0.2) is 5.96 Å². The van der Waals surface area contributed by atoms with Crippen molar-refractivity contribution in [2.75, 3.05) is 19.6 Å². The number of non-ortho nitro benzene ring substituents is 1. The SMILES string of the molecule is CCNC(=NCc1cccc([N+](=O)[O-])c1)N1CC2CCCCC2C1.I. The Balaban J connectivity index is 0.00000225. The van der Waals surface area contributed by atoms with Gasteiger partial charge < -0.3 is 10.2 Å². The zero-order valence-electron chi connectivity index (χ0n) is 14.7. The van der Waals surface area contributed by atoms with E-state index in [1.54, 1.807) is 12.1 Å². The van der Waals surface area contributed by atoms with E-state index in [0.29, 0.717) is 6.54 Å². The predicted octanol–water partition coefficient (Wildman–Crippen LogP) is 3.80. The Kier molecular flexibility index (Phi) is 7.46. The highest BCUT2D eigenvalue weighted by atomic mass is 127. The highest BCUT2D eigenvalue weighted by molar-refractivity contribution is 14.0. The van der Waals surface area contributed by atoms with Crippen LogP contribution in [0.4, 0.5) is 5.69 Å². The second kappa shape index (κ2) is 9.35. The molecule has 1 heterocycles. The van der Waals surface area contributed by atoms with Crippen molar-refractivity contribution in [3.63, 3.8) is 0 Å². The van der Waals surface area contributed by atoms with Crippen LogP contribution in [0.2, 0.25) is 0 Å². The number of nitrogens with one attached hydrogen (secondary N) is 1. The summed E-state index contributed by atoms with van der Waals surface area (Å²) in [5, 5.41) is 14.3. The van der Waals surface area contributed by atoms with Crippen LogP contribution in [0.5, 0.6) is 0 Å². The third-order valence-corrected chi connectivity index (χ3v) is 5.14. The van der Waals surface area contributed by atoms with Crippen molar-refractivity contribution >= 4 is 35.6 Å². The van der Waals surface area contributed by atoms with Crippen LogP contribution in [0.1, 0.15) is 38.2 Å². The Morgan fingerprint density at radius 2 is 2.00 bits per heavy atom. The summed E-state index contributed by atoms with van der Waals surface area (Å²) in [4.78, 5) is 17.6. The monoisotopic (exact) mass is 458 g/mol. The quantitative estimate of drug-likeness (QED) is 0.245. The number of hydrogen-bond donors (Lipinski definition) is 1. The summed E-state index contributed by atoms with van der Waals surface area (Å²) in [5.74, 6) is 2.55. The van der Waals surface area contributed by atoms with Gasteiger partial charge in [0.2, 0.25) is 0 Å². The van der Waals surface area contributed by atoms with E-state index in [9.17, 15) is 10.1 Å². The van der Waals surface area contributed by atoms with Crippen molar-refractivity contribution < 1.29 is 4.92 Å². The van der Waals surface area contributed by atoms with Crippen molar-refractivity contribution in [2.24, 2.45) is 16.8 Å². The molecule has 1 saturated heterocycles. The molecule has 1 aliphatic carbocycles. The number of aliphatic imine (C=N–C) groups is 1. The summed E-state index contributed by atoms with van der Waals surface area (Å²) in [6.07, 6.45) is 5.39. The smallest absolute Gasteiger partial charge is 0.269 e. The maximum absolute atomic E-state index is 10.9. The van der Waals surface area contributed by atoms with Gasteiger partial charge >= 0.3 is 0 Å². The maximum atomic E-state index is 10.9. The lowest BCUT2D eigenvalue weighted by atomic mass is 9.82. The topological polar surface area (TPSA) is 70.8 Å². The first-order valence-corrected chi connectivity index (χ1v) is 8.94. The van der Waals surface area contributed by atoms with Crippen LogP contribution in [0, 0.1) is 22.0 Å². The predicted molar refractivity (Wildman–Crippen MR) is 110 cm³/mol. The number of halogens is 1. The van der Waals surface area contributed by atoms with E-state index >= 15 is 0 Å². The fraction of sp³-hybridized carbons (Fsp3) is 0.611. The minimum atomic E-state index is -0.358. The van der Waals surface area contributed by atoms with Gasteiger partial charge in [-0.1, -0.05) is 25.0 Å². The normalized spacial score (nSPS) is 22.9. The number of guanidine groups is 1. The van der Waals surface area contributed by atoms with Gasteiger partial charge in [0, 0.05) is 31.8 Å². The molecule has 1 N–H and O–H groups in total. The fourth-order valence-electron chi connectivity index (χ4n) is 3.94. The number of rotatable bonds is 4. The largest absolute Gasteiger partial charge is 0.357 e. The molecule has 2 unspecified atom stereocenters. The summed E-state index contributed by atoms with van der Waals surface area (Å²) in [5.41, 5.74) is 0.996. The molecule has 2 atom stereocenters. The van der Waals surface area contributed by atoms with Gasteiger partial charge in [0.25, 0.3) is 5.69 Å². The van der Waals surface area contributed by atoms with Crippen molar-refractivity contribution in [1.29, 1.82) is 0 Å². The van der Waals surface area contributed by atoms with Crippen molar-refractivity contribution in [3.8, 4) is 0 Å². The van der Waals surface area contributed by atoms with Crippen molar-refractivity contribution in [3.05, 3.63) is 39.9 Å². The average molecular weight is 458 g/mol. The highest BCUT2D eigenvalue weighted by Crippen LogP contribution is 2.36. The summed E-state index contributed by atoms with van der Waals surface area (Å²) in [7, 11) is 0. The lowest BCUT2D eigenvalue weighted by molar-refractivity contribution is -0.384. The number of nitrogens with zero attached hydrogens (tertiary/aromatic N) is 3. The molecule has 2 aliphatic rings. The lowest BCUT2D eigenvalue weighted by Gasteiger charge is -2.22. The van der Waals surface area contributed by atoms with Crippen LogP contribution in [-0.2, 0) is 6.54 Å². The van der Waals surface area contributed by atoms with E-state index in [-0.39, 0.29) is 34.6 Å². The average Bonchev–Trinajstić information content (AvgIpc) is 3.02. The molecule has 3 rings (SSSR count). The van der Waals surface area contributed by atoms with Gasteiger partial charge in [-0.3, -0.25) is 10.1 Å². The molecule has 0 spiro atoms. The number of likely N-dealkylation sites (tertiary alicyclic amines) is 1. The number of fused-ring (bicyclic) bond motifs is 1. The second-order valence-corrected chi connectivity index (χ2v) is 6.81. The summed E-state index contributed by atoms with van der Waals surface area (Å²) >= 11 is 0. The van der Waals surface area contributed by atoms with E-state index < -0.39 is 0 Å². The molecular formula is C18H27IN4O2. The molecule has 7 heteroatoms. The third kappa shape index (κ3) is 5.05. The van der Waals surface area contributed by atoms with E-state index in [4.69, 9.17) is 4.99 Å². The molecule has 25 heavy (non-hydrogen) atoms. The Bertz CT molecular complexity index is 609. The molecule has 0 aromatic heterocycles. The van der Waals surface area contributed by atoms with E-state index in [0.717, 1.165) is 43.0 Å². The second-order valence-electron chi connectivity index (χ2n) is 6.81. The maximum Gasteiger partial charge on any atom is 0.269 e. The zero-order chi connectivity index (χ0) is 16.9. The van der Waals surface area contributed by atoms with Crippen LogP contribution in [0.15, 0.2) is 29.3 Å². The molecule has 0 radical (unpaired) electrons. The van der Waals surface area contributed by atoms with Crippen LogP contribution >= 0.6 is 24.0 Å². The molecule has 1 aromatic carbocycles. The van der Waals surface area contributed by atoms with Crippen molar-refractivity contribution in [1.82, 2.24) is 10.2 Å². The van der Waals surface area contributed by atoms with Gasteiger partial charge in [0.1, 0.15) is 0 Å². The van der Waals surface area contributed by atoms with Crippen LogP contribution in [0.25, 0.3) is 0 Å². The Morgan fingerprint density at radius 1 is 1.32 bits per heavy atom. The minimum absolute atomic E-state index is 0. The van der Waals surface area contributed by atoms with Gasteiger partial charge in [-0.05, 0) is 37.2 Å². The van der Waals surface area contributed by atoms with Gasteiger partial charge in [0.05, 0.1) is 11.5 Å². The molecule has 0 amide bonds. The lowest BCUT2D eigenvalue weighted by Crippen LogP contribution is -2.40. The van der Waals surface area contributed by atoms with Gasteiger partial charge in [-0.15, -0.1) is 24.0 Å².